The topological polar surface area (TPSA) is 38.7 Å². The highest BCUT2D eigenvalue weighted by Gasteiger charge is 2.00. The van der Waals surface area contributed by atoms with Gasteiger partial charge in [-0.3, -0.25) is 0 Å². The first-order valence-corrected chi connectivity index (χ1v) is 7.02. The Balaban J connectivity index is 1.84. The fourth-order valence-corrected chi connectivity index (χ4v) is 2.50. The Morgan fingerprint density at radius 1 is 1.20 bits per heavy atom. The van der Waals surface area contributed by atoms with Crippen LogP contribution in [0.2, 0.25) is 0 Å². The van der Waals surface area contributed by atoms with E-state index >= 15 is 0 Å². The number of hydrogen-bond acceptors (Lipinski definition) is 4. The van der Waals surface area contributed by atoms with Crippen LogP contribution in [0.1, 0.15) is 15.3 Å². The molecule has 0 aliphatic heterocycles. The second-order valence-electron chi connectivity index (χ2n) is 4.07. The Labute approximate surface area is 122 Å². The van der Waals surface area contributed by atoms with E-state index in [1.165, 1.54) is 0 Å². The molecule has 0 radical (unpaired) electrons. The molecule has 104 valence electrons. The second-order valence-corrected chi connectivity index (χ2v) is 5.24. The third-order valence-corrected chi connectivity index (χ3v) is 3.57. The fourth-order valence-electron chi connectivity index (χ4n) is 1.68. The first-order chi connectivity index (χ1) is 9.81. The molecule has 0 saturated carbocycles. The number of rotatable bonds is 5. The number of aliphatic hydroxyl groups excluding tert-OH is 1. The van der Waals surface area contributed by atoms with Gasteiger partial charge < -0.3 is 14.6 Å². The molecular formula is C16H16O3S. The van der Waals surface area contributed by atoms with Crippen molar-refractivity contribution in [3.8, 4) is 17.6 Å². The summed E-state index contributed by atoms with van der Waals surface area (Å²) in [5.41, 5.74) is 1.08. The van der Waals surface area contributed by atoms with Gasteiger partial charge in [-0.05, 0) is 29.8 Å². The van der Waals surface area contributed by atoms with Crippen molar-refractivity contribution in [2.75, 3.05) is 13.7 Å². The maximum Gasteiger partial charge on any atom is 0.119 e. The van der Waals surface area contributed by atoms with E-state index < -0.39 is 0 Å². The van der Waals surface area contributed by atoms with Crippen LogP contribution in [0.25, 0.3) is 0 Å². The van der Waals surface area contributed by atoms with Crippen molar-refractivity contribution in [3.05, 3.63) is 51.7 Å². The van der Waals surface area contributed by atoms with Crippen LogP contribution in [0.5, 0.6) is 5.75 Å². The maximum absolute atomic E-state index is 8.64. The molecule has 3 nitrogen and oxygen atoms in total. The molecule has 0 amide bonds. The van der Waals surface area contributed by atoms with Crippen molar-refractivity contribution in [2.45, 2.75) is 13.2 Å². The van der Waals surface area contributed by atoms with Crippen molar-refractivity contribution >= 4 is 11.3 Å². The van der Waals surface area contributed by atoms with Crippen molar-refractivity contribution in [1.82, 2.24) is 0 Å². The Morgan fingerprint density at radius 2 is 2.10 bits per heavy atom. The summed E-state index contributed by atoms with van der Waals surface area (Å²) in [6, 6.07) is 11.8. The number of ether oxygens (including phenoxy) is 2. The standard InChI is InChI=1S/C16H16O3S/c1-18-14-5-2-4-13(10-14)11-19-12-16-8-7-15(20-16)6-3-9-17/h2,4-5,7-8,10,17H,9,11-12H2,1H3. The molecule has 0 bridgehead atoms. The van der Waals surface area contributed by atoms with Crippen LogP contribution in [-0.2, 0) is 18.0 Å². The van der Waals surface area contributed by atoms with Crippen LogP contribution in [0.3, 0.4) is 0 Å². The van der Waals surface area contributed by atoms with Gasteiger partial charge in [0.25, 0.3) is 0 Å². The molecule has 1 N–H and O–H groups in total. The molecule has 20 heavy (non-hydrogen) atoms. The van der Waals surface area contributed by atoms with E-state index in [1.807, 2.05) is 36.4 Å². The summed E-state index contributed by atoms with van der Waals surface area (Å²) in [7, 11) is 1.65. The number of benzene rings is 1. The first kappa shape index (κ1) is 14.6. The Kier molecular flexibility index (Phi) is 5.63. The van der Waals surface area contributed by atoms with Gasteiger partial charge in [-0.15, -0.1) is 11.3 Å². The second kappa shape index (κ2) is 7.71. The van der Waals surface area contributed by atoms with Gasteiger partial charge in [-0.1, -0.05) is 24.0 Å². The van der Waals surface area contributed by atoms with E-state index in [4.69, 9.17) is 14.6 Å². The van der Waals surface area contributed by atoms with E-state index in [9.17, 15) is 0 Å². The number of hydrogen-bond donors (Lipinski definition) is 1. The highest BCUT2D eigenvalue weighted by molar-refractivity contribution is 7.12. The van der Waals surface area contributed by atoms with Crippen LogP contribution >= 0.6 is 11.3 Å². The number of methoxy groups -OCH3 is 1. The van der Waals surface area contributed by atoms with Crippen molar-refractivity contribution < 1.29 is 14.6 Å². The molecule has 2 aromatic rings. The zero-order chi connectivity index (χ0) is 14.2. The predicted octanol–water partition coefficient (Wildman–Crippen LogP) is 2.82. The highest BCUT2D eigenvalue weighted by atomic mass is 32.1. The van der Waals surface area contributed by atoms with Crippen LogP contribution in [0.15, 0.2) is 36.4 Å². The lowest BCUT2D eigenvalue weighted by Crippen LogP contribution is -1.93. The van der Waals surface area contributed by atoms with Gasteiger partial charge in [-0.2, -0.15) is 0 Å². The molecule has 0 saturated heterocycles. The van der Waals surface area contributed by atoms with Crippen molar-refractivity contribution in [2.24, 2.45) is 0 Å². The van der Waals surface area contributed by atoms with Crippen molar-refractivity contribution in [1.29, 1.82) is 0 Å². The molecule has 0 fully saturated rings. The summed E-state index contributed by atoms with van der Waals surface area (Å²) >= 11 is 1.58. The number of aliphatic hydroxyl groups is 1. The van der Waals surface area contributed by atoms with Crippen LogP contribution in [0, 0.1) is 11.8 Å². The third kappa shape index (κ3) is 4.39. The molecular weight excluding hydrogens is 272 g/mol. The van der Waals surface area contributed by atoms with Gasteiger partial charge in [0.15, 0.2) is 0 Å². The summed E-state index contributed by atoms with van der Waals surface area (Å²) in [6.45, 7) is 0.995. The molecule has 4 heteroatoms. The Bertz CT molecular complexity index is 607. The zero-order valence-electron chi connectivity index (χ0n) is 11.3. The van der Waals surface area contributed by atoms with E-state index in [0.717, 1.165) is 21.1 Å². The van der Waals surface area contributed by atoms with Crippen LogP contribution in [-0.4, -0.2) is 18.8 Å². The summed E-state index contributed by atoms with van der Waals surface area (Å²) in [5.74, 6) is 6.35. The average Bonchev–Trinajstić information content (AvgIpc) is 2.93. The molecule has 0 unspecified atom stereocenters. The predicted molar refractivity (Wildman–Crippen MR) is 79.8 cm³/mol. The quantitative estimate of drug-likeness (QED) is 0.860. The molecule has 1 heterocycles. The maximum atomic E-state index is 8.64. The Morgan fingerprint density at radius 3 is 2.90 bits per heavy atom. The molecule has 1 aromatic heterocycles. The minimum absolute atomic E-state index is 0.112. The van der Waals surface area contributed by atoms with Gasteiger partial charge in [0, 0.05) is 4.88 Å². The molecule has 1 aromatic carbocycles. The lowest BCUT2D eigenvalue weighted by molar-refractivity contribution is 0.109. The summed E-state index contributed by atoms with van der Waals surface area (Å²) in [5, 5.41) is 8.64. The minimum atomic E-state index is -0.112. The normalized spacial score (nSPS) is 9.90. The van der Waals surface area contributed by atoms with Gasteiger partial charge in [0.1, 0.15) is 12.4 Å². The molecule has 0 aliphatic carbocycles. The monoisotopic (exact) mass is 288 g/mol. The molecule has 0 spiro atoms. The first-order valence-electron chi connectivity index (χ1n) is 6.21. The number of thiophene rings is 1. The average molecular weight is 288 g/mol. The van der Waals surface area contributed by atoms with Gasteiger partial charge in [-0.25, -0.2) is 0 Å². The Hall–Kier alpha value is -1.80. The zero-order valence-corrected chi connectivity index (χ0v) is 12.1. The van der Waals surface area contributed by atoms with E-state index in [0.29, 0.717) is 13.2 Å². The summed E-state index contributed by atoms with van der Waals surface area (Å²) in [6.07, 6.45) is 0. The lowest BCUT2D eigenvalue weighted by atomic mass is 10.2. The van der Waals surface area contributed by atoms with Gasteiger partial charge in [0.05, 0.1) is 25.2 Å². The van der Waals surface area contributed by atoms with Crippen molar-refractivity contribution in [3.63, 3.8) is 0 Å². The van der Waals surface area contributed by atoms with Crippen LogP contribution in [0.4, 0.5) is 0 Å². The minimum Gasteiger partial charge on any atom is -0.497 e. The summed E-state index contributed by atoms with van der Waals surface area (Å²) < 4.78 is 10.9. The highest BCUT2D eigenvalue weighted by Crippen LogP contribution is 2.18. The molecule has 0 atom stereocenters. The molecule has 0 aliphatic rings. The van der Waals surface area contributed by atoms with E-state index in [-0.39, 0.29) is 6.61 Å². The lowest BCUT2D eigenvalue weighted by Gasteiger charge is -2.05. The van der Waals surface area contributed by atoms with E-state index in [1.54, 1.807) is 18.4 Å². The SMILES string of the molecule is COc1cccc(COCc2ccc(C#CCO)s2)c1. The summed E-state index contributed by atoms with van der Waals surface area (Å²) in [4.78, 5) is 2.06. The third-order valence-electron chi connectivity index (χ3n) is 2.60. The largest absolute Gasteiger partial charge is 0.497 e. The van der Waals surface area contributed by atoms with E-state index in [2.05, 4.69) is 11.8 Å². The molecule has 2 rings (SSSR count). The fraction of sp³-hybridized carbons (Fsp3) is 0.250. The smallest absolute Gasteiger partial charge is 0.119 e. The van der Waals surface area contributed by atoms with Gasteiger partial charge in [0.2, 0.25) is 0 Å². The van der Waals surface area contributed by atoms with Gasteiger partial charge >= 0.3 is 0 Å². The van der Waals surface area contributed by atoms with Crippen LogP contribution < -0.4 is 4.74 Å².